The number of nitrogen functional groups attached to an aromatic ring is 1. The number of halogens is 2. The number of hydrogen-bond donors (Lipinski definition) is 3. The number of nitrogens with two attached hydrogens (primary N) is 1. The lowest BCUT2D eigenvalue weighted by atomic mass is 9.86. The Balaban J connectivity index is 2.18. The van der Waals surface area contributed by atoms with E-state index in [1.165, 1.54) is 24.7 Å². The van der Waals surface area contributed by atoms with Crippen molar-refractivity contribution < 1.29 is 28.5 Å². The minimum absolute atomic E-state index is 0.0162. The van der Waals surface area contributed by atoms with E-state index >= 15 is 4.39 Å². The van der Waals surface area contributed by atoms with Crippen LogP contribution in [-0.4, -0.2) is 54.4 Å². The summed E-state index contributed by atoms with van der Waals surface area (Å²) in [6.45, 7) is 3.11. The number of aromatic nitrogens is 1. The molecule has 178 valence electrons. The summed E-state index contributed by atoms with van der Waals surface area (Å²) < 4.78 is 36.2. The Hall–Kier alpha value is -3.44. The molecule has 2 heterocycles. The molecule has 3 aromatic rings. The number of carbonyl (C=O) groups excluding carboxylic acids is 1. The molecule has 0 atom stereocenters. The first-order valence-corrected chi connectivity index (χ1v) is 10.8. The van der Waals surface area contributed by atoms with Gasteiger partial charge in [-0.3, -0.25) is 4.79 Å². The number of esters is 1. The third-order valence-electron chi connectivity index (χ3n) is 6.13. The van der Waals surface area contributed by atoms with E-state index in [2.05, 4.69) is 0 Å². The molecule has 0 unspecified atom stereocenters. The fourth-order valence-electron chi connectivity index (χ4n) is 4.42. The van der Waals surface area contributed by atoms with Crippen LogP contribution in [0.2, 0.25) is 0 Å². The van der Waals surface area contributed by atoms with E-state index in [1.807, 2.05) is 0 Å². The van der Waals surface area contributed by atoms with Gasteiger partial charge < -0.3 is 30.2 Å². The summed E-state index contributed by atoms with van der Waals surface area (Å²) in [5, 5.41) is 19.6. The maximum atomic E-state index is 15.6. The molecule has 4 N–H and O–H groups in total. The molecule has 0 radical (unpaired) electrons. The van der Waals surface area contributed by atoms with Crippen LogP contribution in [0.5, 0.6) is 0 Å². The lowest BCUT2D eigenvalue weighted by Gasteiger charge is -2.39. The van der Waals surface area contributed by atoms with Crippen molar-refractivity contribution in [3.63, 3.8) is 0 Å². The lowest BCUT2D eigenvalue weighted by molar-refractivity contribution is 0.0524. The molecule has 1 aliphatic rings. The monoisotopic (exact) mass is 471 g/mol. The van der Waals surface area contributed by atoms with Crippen LogP contribution in [0, 0.1) is 18.6 Å². The topological polar surface area (TPSA) is 118 Å². The summed E-state index contributed by atoms with van der Waals surface area (Å²) in [5.74, 6) is -2.27. The van der Waals surface area contributed by atoms with Crippen LogP contribution >= 0.6 is 0 Å². The van der Waals surface area contributed by atoms with Crippen LogP contribution in [-0.2, 0) is 11.3 Å². The Morgan fingerprint density at radius 3 is 2.59 bits per heavy atom. The molecule has 34 heavy (non-hydrogen) atoms. The molecule has 1 aliphatic heterocycles. The van der Waals surface area contributed by atoms with E-state index in [4.69, 9.17) is 10.5 Å². The first-order valence-electron chi connectivity index (χ1n) is 10.8. The molecule has 11 heteroatoms. The van der Waals surface area contributed by atoms with Crippen molar-refractivity contribution >= 4 is 41.6 Å². The molecule has 1 aromatic heterocycles. The largest absolute Gasteiger partial charge is 0.462 e. The maximum absolute atomic E-state index is 15.6. The smallest absolute Gasteiger partial charge is 0.343 e. The van der Waals surface area contributed by atoms with E-state index in [0.29, 0.717) is 5.56 Å². The number of ether oxygens (including phenoxy) is 1. The van der Waals surface area contributed by atoms with Gasteiger partial charge in [0.1, 0.15) is 25.0 Å². The number of β-amino-alcohol motifs (C(OH)–C–C–N with tert-alkyl or cyclic N) is 1. The second-order valence-corrected chi connectivity index (χ2v) is 8.32. The van der Waals surface area contributed by atoms with E-state index in [1.54, 1.807) is 18.7 Å². The van der Waals surface area contributed by atoms with Crippen LogP contribution in [0.25, 0.3) is 16.6 Å². The van der Waals surface area contributed by atoms with Crippen LogP contribution in [0.15, 0.2) is 23.1 Å². The summed E-state index contributed by atoms with van der Waals surface area (Å²) in [7, 11) is 1.43. The predicted molar refractivity (Wildman–Crippen MR) is 127 cm³/mol. The third-order valence-corrected chi connectivity index (χ3v) is 6.13. The highest BCUT2D eigenvalue weighted by Crippen LogP contribution is 2.34. The number of rotatable bonds is 5. The number of benzene rings is 2. The Labute approximate surface area is 194 Å². The Morgan fingerprint density at radius 2 is 2.00 bits per heavy atom. The molecular formula is C23H24BF2N3O5. The van der Waals surface area contributed by atoms with Gasteiger partial charge in [-0.15, -0.1) is 0 Å². The molecule has 0 bridgehead atoms. The zero-order chi connectivity index (χ0) is 24.9. The molecular weight excluding hydrogens is 447 g/mol. The fraction of sp³-hybridized carbons (Fsp3) is 0.304. The second-order valence-electron chi connectivity index (χ2n) is 8.32. The fourth-order valence-corrected chi connectivity index (χ4v) is 4.42. The highest BCUT2D eigenvalue weighted by molar-refractivity contribution is 6.39. The molecule has 8 nitrogen and oxygen atoms in total. The van der Waals surface area contributed by atoms with Gasteiger partial charge in [-0.1, -0.05) is 0 Å². The number of nitrogens with zero attached hydrogens (tertiary/aromatic N) is 2. The minimum atomic E-state index is -0.892. The minimum Gasteiger partial charge on any atom is -0.462 e. The average Bonchev–Trinajstić information content (AvgIpc) is 2.77. The number of carbonyl (C=O) groups is 1. The number of fused-ring (bicyclic) bond motifs is 1. The summed E-state index contributed by atoms with van der Waals surface area (Å²) >= 11 is 0. The van der Waals surface area contributed by atoms with Gasteiger partial charge >= 0.3 is 5.97 Å². The van der Waals surface area contributed by atoms with Gasteiger partial charge in [-0.25, -0.2) is 13.6 Å². The first kappa shape index (κ1) is 23.7. The molecule has 2 aromatic carbocycles. The van der Waals surface area contributed by atoms with Gasteiger partial charge in [0.05, 0.1) is 41.9 Å². The normalized spacial score (nSPS) is 13.9. The van der Waals surface area contributed by atoms with Gasteiger partial charge in [0.15, 0.2) is 0 Å². The van der Waals surface area contributed by atoms with Crippen LogP contribution < -0.4 is 21.5 Å². The lowest BCUT2D eigenvalue weighted by Crippen LogP contribution is -2.52. The van der Waals surface area contributed by atoms with Gasteiger partial charge in [-0.05, 0) is 31.4 Å². The summed E-state index contributed by atoms with van der Waals surface area (Å²) in [5.41, 5.74) is 5.80. The van der Waals surface area contributed by atoms with Crippen molar-refractivity contribution in [1.29, 1.82) is 0 Å². The highest BCUT2D eigenvalue weighted by atomic mass is 19.1. The number of aliphatic hydroxyl groups excluding tert-OH is 2. The van der Waals surface area contributed by atoms with Crippen molar-refractivity contribution in [2.45, 2.75) is 26.6 Å². The van der Waals surface area contributed by atoms with Gasteiger partial charge in [0.2, 0.25) is 5.43 Å². The van der Waals surface area contributed by atoms with E-state index in [0.717, 1.165) is 6.07 Å². The molecule has 0 spiro atoms. The van der Waals surface area contributed by atoms with Crippen molar-refractivity contribution in [1.82, 2.24) is 4.57 Å². The van der Waals surface area contributed by atoms with Crippen molar-refractivity contribution in [3.05, 3.63) is 56.9 Å². The van der Waals surface area contributed by atoms with E-state index < -0.39 is 35.7 Å². The molecule has 1 fully saturated rings. The van der Waals surface area contributed by atoms with Crippen molar-refractivity contribution in [3.8, 4) is 5.69 Å². The van der Waals surface area contributed by atoms with Crippen LogP contribution in [0.3, 0.4) is 0 Å². The number of hydrogen-bond acceptors (Lipinski definition) is 7. The molecule has 0 aliphatic carbocycles. The molecule has 4 rings (SSSR count). The molecule has 0 saturated carbocycles. The summed E-state index contributed by atoms with van der Waals surface area (Å²) in [6, 6.07) is 2.35. The zero-order valence-corrected chi connectivity index (χ0v) is 19.0. The zero-order valence-electron chi connectivity index (χ0n) is 19.0. The van der Waals surface area contributed by atoms with Crippen LogP contribution in [0.1, 0.15) is 28.4 Å². The predicted octanol–water partition coefficient (Wildman–Crippen LogP) is 0.268. The standard InChI is InChI=1S/C23H24BF2N3O5/c1-3-34-23(33)13-8-29(16-5-15(27)14(25)4-11(16)9-30)20-10(2)21(28-6-12(31)7-28)19(26)18(24)17(20)22(13)32/h4-5,8,12,30-31H,3,6-7,9,24,27H2,1-2H3. The maximum Gasteiger partial charge on any atom is 0.343 e. The van der Waals surface area contributed by atoms with Crippen LogP contribution in [0.4, 0.5) is 20.2 Å². The average molecular weight is 471 g/mol. The van der Waals surface area contributed by atoms with Gasteiger partial charge in [0.25, 0.3) is 0 Å². The van der Waals surface area contributed by atoms with E-state index in [9.17, 15) is 24.2 Å². The van der Waals surface area contributed by atoms with E-state index in [-0.39, 0.29) is 64.3 Å². The summed E-state index contributed by atoms with van der Waals surface area (Å²) in [6.07, 6.45) is 0.647. The number of anilines is 2. The Bertz CT molecular complexity index is 1390. The molecule has 1 saturated heterocycles. The first-order chi connectivity index (χ1) is 16.1. The van der Waals surface area contributed by atoms with Crippen molar-refractivity contribution in [2.24, 2.45) is 0 Å². The molecule has 0 amide bonds. The van der Waals surface area contributed by atoms with Gasteiger partial charge in [-0.2, -0.15) is 0 Å². The quantitative estimate of drug-likeness (QED) is 0.278. The second kappa shape index (κ2) is 8.73. The SMILES string of the molecule is Bc1c(F)c(N2CC(O)C2)c(C)c2c1c(=O)c(C(=O)OCC)cn2-c1cc(N)c(F)cc1CO. The Morgan fingerprint density at radius 1 is 1.32 bits per heavy atom. The third kappa shape index (κ3) is 3.61. The number of aliphatic hydroxyl groups is 2. The number of aryl methyl sites for hydroxylation is 1. The van der Waals surface area contributed by atoms with Gasteiger partial charge in [0, 0.05) is 35.8 Å². The number of pyridine rings is 1. The van der Waals surface area contributed by atoms with Crippen molar-refractivity contribution in [2.75, 3.05) is 30.3 Å². The highest BCUT2D eigenvalue weighted by Gasteiger charge is 2.32. The Kier molecular flexibility index (Phi) is 6.09. The summed E-state index contributed by atoms with van der Waals surface area (Å²) in [4.78, 5) is 27.6.